The summed E-state index contributed by atoms with van der Waals surface area (Å²) in [7, 11) is 3.46. The van der Waals surface area contributed by atoms with Crippen molar-refractivity contribution in [1.29, 1.82) is 0 Å². The van der Waals surface area contributed by atoms with Gasteiger partial charge in [-0.15, -0.1) is 35.3 Å². The van der Waals surface area contributed by atoms with Crippen LogP contribution in [0.25, 0.3) is 0 Å². The summed E-state index contributed by atoms with van der Waals surface area (Å²) in [6, 6.07) is 10.7. The van der Waals surface area contributed by atoms with E-state index in [4.69, 9.17) is 4.74 Å². The van der Waals surface area contributed by atoms with E-state index in [9.17, 15) is 4.39 Å². The molecule has 1 N–H and O–H groups in total. The van der Waals surface area contributed by atoms with Crippen LogP contribution in [0.1, 0.15) is 11.7 Å². The maximum absolute atomic E-state index is 13.1. The number of benzene rings is 1. The summed E-state index contributed by atoms with van der Waals surface area (Å²) in [5.74, 6) is 0.635. The van der Waals surface area contributed by atoms with Gasteiger partial charge in [0.1, 0.15) is 5.82 Å². The third kappa shape index (κ3) is 5.79. The lowest BCUT2D eigenvalue weighted by Crippen LogP contribution is -2.53. The molecule has 1 aromatic heterocycles. The van der Waals surface area contributed by atoms with Crippen molar-refractivity contribution in [3.8, 4) is 0 Å². The van der Waals surface area contributed by atoms with Gasteiger partial charge >= 0.3 is 0 Å². The first-order chi connectivity index (χ1) is 12.7. The molecule has 8 heteroatoms. The molecule has 0 saturated carbocycles. The Morgan fingerprint density at radius 3 is 2.48 bits per heavy atom. The zero-order valence-electron chi connectivity index (χ0n) is 15.6. The topological polar surface area (TPSA) is 40.1 Å². The summed E-state index contributed by atoms with van der Waals surface area (Å²) in [5.41, 5.74) is 0.944. The highest BCUT2D eigenvalue weighted by molar-refractivity contribution is 14.0. The number of nitrogens with one attached hydrogen (secondary N) is 1. The molecule has 2 heterocycles. The Hall–Kier alpha value is -1.39. The summed E-state index contributed by atoms with van der Waals surface area (Å²) in [5, 5.41) is 6.83. The van der Waals surface area contributed by atoms with E-state index in [2.05, 4.69) is 37.6 Å². The highest BCUT2D eigenvalue weighted by Gasteiger charge is 2.21. The molecule has 0 radical (unpaired) electrons. The number of nitrogens with zero attached hydrogens (tertiary/aromatic N) is 3. The van der Waals surface area contributed by atoms with Crippen LogP contribution in [0.5, 0.6) is 0 Å². The number of hydrogen-bond donors (Lipinski definition) is 1. The molecule has 1 saturated heterocycles. The van der Waals surface area contributed by atoms with Gasteiger partial charge in [0.05, 0.1) is 11.1 Å². The van der Waals surface area contributed by atoms with Crippen molar-refractivity contribution in [1.82, 2.24) is 10.2 Å². The molecule has 1 fully saturated rings. The van der Waals surface area contributed by atoms with Gasteiger partial charge in [0.25, 0.3) is 0 Å². The summed E-state index contributed by atoms with van der Waals surface area (Å²) in [6.45, 7) is 4.39. The third-order valence-electron chi connectivity index (χ3n) is 4.58. The first kappa shape index (κ1) is 21.9. The fourth-order valence-electron chi connectivity index (χ4n) is 3.12. The predicted molar refractivity (Wildman–Crippen MR) is 121 cm³/mol. The molecular weight excluding hydrogens is 478 g/mol. The van der Waals surface area contributed by atoms with Gasteiger partial charge in [-0.3, -0.25) is 4.99 Å². The molecule has 0 amide bonds. The van der Waals surface area contributed by atoms with Crippen LogP contribution in [0, 0.1) is 5.82 Å². The van der Waals surface area contributed by atoms with E-state index in [1.165, 1.54) is 17.1 Å². The zero-order valence-corrected chi connectivity index (χ0v) is 18.7. The van der Waals surface area contributed by atoms with E-state index in [-0.39, 0.29) is 35.9 Å². The van der Waals surface area contributed by atoms with Gasteiger partial charge in [0, 0.05) is 46.9 Å². The Bertz CT molecular complexity index is 703. The number of guanidine groups is 1. The highest BCUT2D eigenvalue weighted by atomic mass is 127. The average Bonchev–Trinajstić information content (AvgIpc) is 3.21. The van der Waals surface area contributed by atoms with E-state index in [0.717, 1.165) is 37.7 Å². The fraction of sp³-hybridized carbons (Fsp3) is 0.421. The van der Waals surface area contributed by atoms with Crippen molar-refractivity contribution >= 4 is 46.3 Å². The van der Waals surface area contributed by atoms with Gasteiger partial charge in [-0.05, 0) is 35.2 Å². The van der Waals surface area contributed by atoms with E-state index >= 15 is 0 Å². The van der Waals surface area contributed by atoms with E-state index < -0.39 is 0 Å². The number of hydrogen-bond acceptors (Lipinski definition) is 4. The first-order valence-electron chi connectivity index (χ1n) is 8.73. The lowest BCUT2D eigenvalue weighted by molar-refractivity contribution is 0.105. The molecule has 1 aliphatic rings. The number of anilines is 1. The minimum Gasteiger partial charge on any atom is -0.375 e. The van der Waals surface area contributed by atoms with Crippen LogP contribution < -0.4 is 10.2 Å². The van der Waals surface area contributed by atoms with Crippen LogP contribution in [0.15, 0.2) is 46.8 Å². The fourth-order valence-corrected chi connectivity index (χ4v) is 3.90. The third-order valence-corrected chi connectivity index (χ3v) is 5.51. The molecule has 2 aromatic rings. The monoisotopic (exact) mass is 504 g/mol. The Kier molecular flexibility index (Phi) is 8.78. The Morgan fingerprint density at radius 1 is 1.22 bits per heavy atom. The van der Waals surface area contributed by atoms with Crippen molar-refractivity contribution in [3.63, 3.8) is 0 Å². The van der Waals surface area contributed by atoms with Gasteiger partial charge in [-0.25, -0.2) is 4.39 Å². The second kappa shape index (κ2) is 10.8. The number of piperazine rings is 1. The quantitative estimate of drug-likeness (QED) is 0.384. The Balaban J connectivity index is 0.00000261. The minimum atomic E-state index is -0.240. The number of thiophene rings is 1. The van der Waals surface area contributed by atoms with Crippen molar-refractivity contribution < 1.29 is 9.13 Å². The number of methoxy groups -OCH3 is 1. The second-order valence-corrected chi connectivity index (χ2v) is 7.06. The molecular formula is C19H26FIN4OS. The summed E-state index contributed by atoms with van der Waals surface area (Å²) in [6.07, 6.45) is -0.153. The molecule has 3 rings (SSSR count). The zero-order chi connectivity index (χ0) is 18.4. The number of rotatable bonds is 5. The van der Waals surface area contributed by atoms with Crippen LogP contribution in [0.2, 0.25) is 0 Å². The molecule has 1 atom stereocenters. The minimum absolute atomic E-state index is 0. The normalized spacial score (nSPS) is 16.0. The molecule has 148 valence electrons. The largest absolute Gasteiger partial charge is 0.375 e. The van der Waals surface area contributed by atoms with Crippen LogP contribution in [0.3, 0.4) is 0 Å². The molecule has 0 spiro atoms. The van der Waals surface area contributed by atoms with Gasteiger partial charge in [-0.2, -0.15) is 0 Å². The SMILES string of the molecule is CN=C(NCC(OC)c1ccc(F)cc1)N1CCN(c2cccs2)CC1.I. The lowest BCUT2D eigenvalue weighted by Gasteiger charge is -2.37. The number of aliphatic imine (C=N–C) groups is 1. The van der Waals surface area contributed by atoms with Crippen molar-refractivity contribution in [2.24, 2.45) is 4.99 Å². The summed E-state index contributed by atoms with van der Waals surface area (Å²) in [4.78, 5) is 9.09. The maximum atomic E-state index is 13.1. The van der Waals surface area contributed by atoms with Crippen LogP contribution in [-0.4, -0.2) is 57.7 Å². The standard InChI is InChI=1S/C19H25FN4OS.HI/c1-21-19(22-14-17(25-2)15-5-7-16(20)8-6-15)24-11-9-23(10-12-24)18-4-3-13-26-18;/h3-8,13,17H,9-12,14H2,1-2H3,(H,21,22);1H. The Labute approximate surface area is 181 Å². The van der Waals surface area contributed by atoms with Crippen LogP contribution >= 0.6 is 35.3 Å². The number of halogens is 2. The molecule has 1 unspecified atom stereocenters. The second-order valence-electron chi connectivity index (χ2n) is 6.13. The van der Waals surface area contributed by atoms with E-state index in [0.29, 0.717) is 6.54 Å². The molecule has 0 aliphatic carbocycles. The van der Waals surface area contributed by atoms with E-state index in [1.54, 1.807) is 37.6 Å². The van der Waals surface area contributed by atoms with Gasteiger partial charge in [-0.1, -0.05) is 12.1 Å². The van der Waals surface area contributed by atoms with Gasteiger partial charge in [0.2, 0.25) is 0 Å². The predicted octanol–water partition coefficient (Wildman–Crippen LogP) is 3.59. The van der Waals surface area contributed by atoms with Crippen LogP contribution in [0.4, 0.5) is 9.39 Å². The van der Waals surface area contributed by atoms with Crippen molar-refractivity contribution in [3.05, 3.63) is 53.2 Å². The number of ether oxygens (including phenoxy) is 1. The molecule has 1 aliphatic heterocycles. The van der Waals surface area contributed by atoms with Gasteiger partial charge < -0.3 is 19.9 Å². The first-order valence-corrected chi connectivity index (χ1v) is 9.61. The molecule has 0 bridgehead atoms. The average molecular weight is 504 g/mol. The molecule has 5 nitrogen and oxygen atoms in total. The maximum Gasteiger partial charge on any atom is 0.193 e. The van der Waals surface area contributed by atoms with Crippen molar-refractivity contribution in [2.45, 2.75) is 6.10 Å². The lowest BCUT2D eigenvalue weighted by atomic mass is 10.1. The summed E-state index contributed by atoms with van der Waals surface area (Å²) < 4.78 is 18.7. The van der Waals surface area contributed by atoms with Crippen LogP contribution in [-0.2, 0) is 4.74 Å². The molecule has 1 aromatic carbocycles. The Morgan fingerprint density at radius 2 is 1.93 bits per heavy atom. The smallest absolute Gasteiger partial charge is 0.193 e. The van der Waals surface area contributed by atoms with E-state index in [1.807, 2.05) is 0 Å². The highest BCUT2D eigenvalue weighted by Crippen LogP contribution is 2.22. The molecule has 27 heavy (non-hydrogen) atoms. The summed E-state index contributed by atoms with van der Waals surface area (Å²) >= 11 is 1.78. The van der Waals surface area contributed by atoms with Gasteiger partial charge in [0.15, 0.2) is 5.96 Å². The van der Waals surface area contributed by atoms with Crippen molar-refractivity contribution in [2.75, 3.05) is 51.8 Å².